The Balaban J connectivity index is -0.000000218. The molecular weight excluding hydrogens is 1660 g/mol. The van der Waals surface area contributed by atoms with Crippen LogP contribution in [0.1, 0.15) is 325 Å². The van der Waals surface area contributed by atoms with E-state index in [0.29, 0.717) is 65.8 Å². The quantitative estimate of drug-likeness (QED) is 0.0421. The van der Waals surface area contributed by atoms with Gasteiger partial charge in [-0.25, -0.2) is 0 Å². The molecule has 0 bridgehead atoms. The molecule has 30 heteroatoms. The summed E-state index contributed by atoms with van der Waals surface area (Å²) in [6.07, 6.45) is 52.9. The van der Waals surface area contributed by atoms with Crippen molar-refractivity contribution >= 4 is 76.2 Å². The van der Waals surface area contributed by atoms with Gasteiger partial charge in [0, 0.05) is 68.2 Å². The summed E-state index contributed by atoms with van der Waals surface area (Å²) < 4.78 is 3.66. The van der Waals surface area contributed by atoms with Crippen molar-refractivity contribution in [3.05, 3.63) is 24.3 Å². The number of nitrogens with one attached hydrogen (secondary N) is 1. The lowest BCUT2D eigenvalue weighted by Crippen LogP contribution is -2.53. The van der Waals surface area contributed by atoms with Crippen molar-refractivity contribution in [2.24, 2.45) is 0 Å². The monoisotopic (exact) mass is 1850 g/mol. The Bertz CT molecular complexity index is 2860. The molecule has 0 aliphatic heterocycles. The van der Waals surface area contributed by atoms with Gasteiger partial charge in [-0.05, 0) is 102 Å². The maximum atomic E-state index is 11.7. The summed E-state index contributed by atoms with van der Waals surface area (Å²) in [6, 6.07) is 6.45. The summed E-state index contributed by atoms with van der Waals surface area (Å²) in [5.41, 5.74) is 0.812. The minimum atomic E-state index is -1.20. The van der Waals surface area contributed by atoms with Crippen molar-refractivity contribution in [3.8, 4) is 5.75 Å². The molecule has 1 unspecified atom stereocenters. The SMILES string of the molecule is CCC(=O)[O-].CCCCCCCCCCCC(=O)NCCC[N+](C)(C)CC(=O)[O-].CCCCCCCCCCCCCCCCCC[N+](C)(C)CC(=O)[O-].CCCCCCCCCCCC[N+](C)(C)CC(=O)[O-].CC[N+](CC)(CC)CC(=O)[O-].C[N+](C)(C)CC(O)CC(=O)[O-].C[N+](C)(C)CCCC(=O)[O-].C[N+](C)(CC(=O)[O-])c1ccc(O)cc1.C[S+](C)CCCC(=O)[O-]. The van der Waals surface area contributed by atoms with Gasteiger partial charge in [-0.1, -0.05) is 220 Å². The number of aliphatic carboxylic acids is 9. The molecule has 0 saturated carbocycles. The number of unbranched alkanes of at least 4 members (excludes halogenated alkanes) is 32. The Kier molecular flexibility index (Phi) is 93.7. The molecule has 0 fully saturated rings. The third-order valence-corrected chi connectivity index (χ3v) is 22.4. The second-order valence-corrected chi connectivity index (χ2v) is 41.4. The van der Waals surface area contributed by atoms with Crippen LogP contribution >= 0.6 is 0 Å². The number of benzene rings is 1. The number of nitrogens with zero attached hydrogens (tertiary/aromatic N) is 7. The van der Waals surface area contributed by atoms with Crippen LogP contribution in [0.3, 0.4) is 0 Å². The van der Waals surface area contributed by atoms with Crippen LogP contribution in [0.4, 0.5) is 5.69 Å². The number of rotatable bonds is 69. The highest BCUT2D eigenvalue weighted by Gasteiger charge is 2.22. The number of hydrogen-bond donors (Lipinski definition) is 3. The minimum Gasteiger partial charge on any atom is -0.550 e. The van der Waals surface area contributed by atoms with Crippen molar-refractivity contribution in [1.29, 1.82) is 0 Å². The molecular formula is C98H193N8O21S-. The molecule has 0 radical (unpaired) electrons. The third-order valence-electron chi connectivity index (χ3n) is 21.3. The first kappa shape index (κ1) is 137. The second-order valence-electron chi connectivity index (χ2n) is 39.0. The molecule has 1 aromatic carbocycles. The lowest BCUT2D eigenvalue weighted by molar-refractivity contribution is -0.917. The first-order valence-electron chi connectivity index (χ1n) is 48.3. The summed E-state index contributed by atoms with van der Waals surface area (Å²) in [5, 5.41) is 113. The Morgan fingerprint density at radius 3 is 0.867 bits per heavy atom. The Labute approximate surface area is 782 Å². The van der Waals surface area contributed by atoms with E-state index in [1.54, 1.807) is 26.2 Å². The minimum absolute atomic E-state index is 0.00634. The fourth-order valence-electron chi connectivity index (χ4n) is 13.5. The lowest BCUT2D eigenvalue weighted by Gasteiger charge is -2.35. The zero-order chi connectivity index (χ0) is 100. The van der Waals surface area contributed by atoms with E-state index in [9.17, 15) is 93.9 Å². The number of quaternary nitrogens is 7. The third kappa shape index (κ3) is 120. The van der Waals surface area contributed by atoms with Gasteiger partial charge >= 0.3 is 0 Å². The van der Waals surface area contributed by atoms with E-state index in [-0.39, 0.29) is 74.5 Å². The fourth-order valence-corrected chi connectivity index (χ4v) is 14.2. The highest BCUT2D eigenvalue weighted by molar-refractivity contribution is 7.95. The van der Waals surface area contributed by atoms with Crippen LogP contribution in [0.2, 0.25) is 0 Å². The number of aliphatic hydroxyl groups excluding tert-OH is 1. The number of aliphatic hydroxyl groups is 1. The summed E-state index contributed by atoms with van der Waals surface area (Å²) >= 11 is 0. The molecule has 1 atom stereocenters. The second kappa shape index (κ2) is 87.4. The van der Waals surface area contributed by atoms with Gasteiger partial charge in [0.1, 0.15) is 62.6 Å². The van der Waals surface area contributed by atoms with Gasteiger partial charge in [0.15, 0.2) is 0 Å². The molecule has 0 aromatic heterocycles. The average Bonchev–Trinajstić information content (AvgIpc) is 0.843. The van der Waals surface area contributed by atoms with Gasteiger partial charge < -0.3 is 132 Å². The maximum absolute atomic E-state index is 11.7. The molecule has 0 heterocycles. The van der Waals surface area contributed by atoms with E-state index >= 15 is 0 Å². The number of likely N-dealkylation sites (N-methyl/N-ethyl adjacent to an activating group) is 6. The molecule has 0 aliphatic carbocycles. The predicted octanol–water partition coefficient (Wildman–Crippen LogP) is 5.33. The number of carboxylic acids is 9. The largest absolute Gasteiger partial charge is 0.550 e. The summed E-state index contributed by atoms with van der Waals surface area (Å²) in [4.78, 5) is 104. The van der Waals surface area contributed by atoms with Gasteiger partial charge in [0.05, 0.1) is 187 Å². The standard InChI is InChI=1S/C22H45NO2.C19H38N2O3.C16H33NO2.C10H13NO3.C8H17NO2.C7H15NO3.C7H15NO2.C6H12O2S.C3H6O2/c1-4-5-6-7-8-9-10-11-12-13-14-15-16-17-18-19-20-23(2,3)21-22(24)25;1-4-5-6-7-8-9-10-11-12-14-18(22)20-15-13-16-21(2,3)17-19(23)24;1-4-5-6-7-8-9-10-11-12-13-14-17(2,3)15-16(18)19;1-11(2,7-10(13)14)8-3-5-9(12)6-4-8;1-4-9(5-2,6-3)7-8(10)11;1-8(2,3)5-6(9)4-7(10)11;1-8(2,3)6-4-5-7(9)10;1-9(2)5-3-4-6(7)8;1-2-3(4)5/h4-21H2,1-3H3;4-17H2,1-3H3,(H-,20,22,23,24);4-15H2,1-3H3;3-6H,7H2,1-2H3,(H-,12,13,14);4-7H2,1-3H3;6,9H,4-5H2,1-3H3;4-6H2,1-3H3;3-5H2,1-2H3;2H2,1H3,(H,4,5)/p-1. The number of carbonyl (C=O) groups excluding carboxylic acids is 10. The highest BCUT2D eigenvalue weighted by Crippen LogP contribution is 2.22. The summed E-state index contributed by atoms with van der Waals surface area (Å²) in [5.74, 6) is -7.75. The molecule has 3 N–H and O–H groups in total. The molecule has 1 amide bonds. The number of carbonyl (C=O) groups is 10. The van der Waals surface area contributed by atoms with E-state index < -0.39 is 59.8 Å². The molecule has 758 valence electrons. The average molecular weight is 1850 g/mol. The Morgan fingerprint density at radius 1 is 0.328 bits per heavy atom. The molecule has 128 heavy (non-hydrogen) atoms. The van der Waals surface area contributed by atoms with Crippen LogP contribution < -0.4 is 55.8 Å². The van der Waals surface area contributed by atoms with Gasteiger partial charge in [-0.15, -0.1) is 0 Å². The first-order valence-corrected chi connectivity index (χ1v) is 50.5. The molecule has 1 rings (SSSR count). The van der Waals surface area contributed by atoms with Crippen LogP contribution in [0.25, 0.3) is 0 Å². The summed E-state index contributed by atoms with van der Waals surface area (Å²) in [7, 11) is 27.3. The zero-order valence-electron chi connectivity index (χ0n) is 85.6. The Hall–Kier alpha value is -6.25. The fraction of sp³-hybridized carbons (Fsp3) is 0.837. The van der Waals surface area contributed by atoms with Crippen molar-refractivity contribution < 1.29 is 131 Å². The van der Waals surface area contributed by atoms with Gasteiger partial charge in [-0.3, -0.25) is 9.28 Å². The van der Waals surface area contributed by atoms with Crippen LogP contribution in [-0.4, -0.2) is 311 Å². The van der Waals surface area contributed by atoms with E-state index in [1.165, 1.54) is 218 Å². The van der Waals surface area contributed by atoms with Gasteiger partial charge in [-0.2, -0.15) is 0 Å². The number of hydrogen-bond acceptors (Lipinski definition) is 21. The van der Waals surface area contributed by atoms with E-state index in [0.717, 1.165) is 93.7 Å². The summed E-state index contributed by atoms with van der Waals surface area (Å²) in [6.45, 7) is 21.7. The number of phenols is 1. The van der Waals surface area contributed by atoms with E-state index in [4.69, 9.17) is 10.2 Å². The van der Waals surface area contributed by atoms with Crippen LogP contribution in [-0.2, 0) is 58.8 Å². The maximum Gasteiger partial charge on any atom is 0.219 e. The van der Waals surface area contributed by atoms with Gasteiger partial charge in [0.2, 0.25) is 5.91 Å². The molecule has 0 spiro atoms. The van der Waals surface area contributed by atoms with E-state index in [2.05, 4.69) is 38.6 Å². The zero-order valence-corrected chi connectivity index (χ0v) is 86.4. The van der Waals surface area contributed by atoms with Crippen molar-refractivity contribution in [1.82, 2.24) is 9.80 Å². The van der Waals surface area contributed by atoms with Crippen LogP contribution in [0.5, 0.6) is 5.75 Å². The van der Waals surface area contributed by atoms with Crippen molar-refractivity contribution in [2.45, 2.75) is 331 Å². The first-order chi connectivity index (χ1) is 59.5. The Morgan fingerprint density at radius 2 is 0.617 bits per heavy atom. The number of amides is 1. The molecule has 0 saturated heterocycles. The highest BCUT2D eigenvalue weighted by atomic mass is 32.2. The molecule has 29 nitrogen and oxygen atoms in total. The number of phenolic OH excluding ortho intramolecular Hbond substituents is 1. The number of carboxylic acid groups (broad SMARTS) is 9. The topological polar surface area (TPSA) is 431 Å². The van der Waals surface area contributed by atoms with Crippen LogP contribution in [0, 0.1) is 0 Å². The smallest absolute Gasteiger partial charge is 0.219 e. The predicted molar refractivity (Wildman–Crippen MR) is 504 cm³/mol. The van der Waals surface area contributed by atoms with E-state index in [1.807, 2.05) is 105 Å². The number of aromatic hydroxyl groups is 1. The van der Waals surface area contributed by atoms with Crippen LogP contribution in [0.15, 0.2) is 24.3 Å². The van der Waals surface area contributed by atoms with Gasteiger partial charge in [0.25, 0.3) is 0 Å². The van der Waals surface area contributed by atoms with Crippen molar-refractivity contribution in [2.75, 3.05) is 209 Å². The molecule has 1 aromatic rings. The lowest BCUT2D eigenvalue weighted by atomic mass is 10.0. The molecule has 0 aliphatic rings. The normalized spacial score (nSPS) is 11.6. The van der Waals surface area contributed by atoms with Crippen molar-refractivity contribution in [3.63, 3.8) is 0 Å².